The van der Waals surface area contributed by atoms with Crippen LogP contribution in [0.4, 0.5) is 0 Å². The Kier molecular flexibility index (Phi) is 6.70. The van der Waals surface area contributed by atoms with Crippen LogP contribution in [0.1, 0.15) is 119 Å². The van der Waals surface area contributed by atoms with E-state index in [0.717, 1.165) is 31.1 Å². The van der Waals surface area contributed by atoms with Crippen molar-refractivity contribution in [2.24, 2.45) is 62.9 Å². The summed E-state index contributed by atoms with van der Waals surface area (Å²) in [4.78, 5) is 12.1. The van der Waals surface area contributed by atoms with E-state index in [1.54, 1.807) is 5.57 Å². The van der Waals surface area contributed by atoms with Crippen molar-refractivity contribution in [1.29, 1.82) is 0 Å². The van der Waals surface area contributed by atoms with Crippen LogP contribution in [0.15, 0.2) is 35.5 Å². The van der Waals surface area contributed by atoms with E-state index in [9.17, 15) is 4.79 Å². The van der Waals surface area contributed by atoms with Crippen molar-refractivity contribution < 1.29 is 9.53 Å². The van der Waals surface area contributed by atoms with Crippen molar-refractivity contribution >= 4 is 5.97 Å². The molecule has 40 heavy (non-hydrogen) atoms. The van der Waals surface area contributed by atoms with E-state index in [-0.39, 0.29) is 22.8 Å². The van der Waals surface area contributed by atoms with Crippen LogP contribution in [0.25, 0.3) is 0 Å². The molecule has 0 aromatic carbocycles. The lowest BCUT2D eigenvalue weighted by atomic mass is 9.33. The van der Waals surface area contributed by atoms with Gasteiger partial charge in [-0.3, -0.25) is 4.79 Å². The van der Waals surface area contributed by atoms with Crippen molar-refractivity contribution in [3.63, 3.8) is 0 Å². The second-order valence-electron chi connectivity index (χ2n) is 16.7. The van der Waals surface area contributed by atoms with E-state index in [2.05, 4.69) is 60.3 Å². The van der Waals surface area contributed by atoms with E-state index in [0.29, 0.717) is 34.0 Å². The summed E-state index contributed by atoms with van der Waals surface area (Å²) in [5.74, 6) is 3.41. The number of allylic oxidation sites excluding steroid dienone is 5. The van der Waals surface area contributed by atoms with E-state index < -0.39 is 0 Å². The first-order valence-electron chi connectivity index (χ1n) is 16.6. The van der Waals surface area contributed by atoms with Gasteiger partial charge in [0.2, 0.25) is 0 Å². The van der Waals surface area contributed by atoms with E-state index in [4.69, 9.17) is 10.5 Å². The highest BCUT2D eigenvalue weighted by atomic mass is 16.5. The lowest BCUT2D eigenvalue weighted by molar-refractivity contribution is -0.219. The Labute approximate surface area is 244 Å². The Morgan fingerprint density at radius 2 is 1.68 bits per heavy atom. The molecular formula is C37H57NO2. The number of carbonyl (C=O) groups is 1. The van der Waals surface area contributed by atoms with Crippen LogP contribution in [-0.2, 0) is 9.53 Å². The van der Waals surface area contributed by atoms with Crippen LogP contribution in [0.5, 0.6) is 0 Å². The molecule has 0 saturated heterocycles. The molecule has 0 aromatic rings. The molecule has 6 aliphatic rings. The second-order valence-corrected chi connectivity index (χ2v) is 16.7. The number of esters is 1. The van der Waals surface area contributed by atoms with Crippen LogP contribution in [0.2, 0.25) is 0 Å². The fourth-order valence-corrected chi connectivity index (χ4v) is 12.8. The van der Waals surface area contributed by atoms with Crippen LogP contribution in [0, 0.1) is 57.2 Å². The summed E-state index contributed by atoms with van der Waals surface area (Å²) in [7, 11) is 1.52. The molecule has 10 unspecified atom stereocenters. The standard InChI is InChI=1S/C37H57NO2/c1-23(2)26-15-20-37(38)22-21-35(6)28(31(26)37)13-14-30-34(5)18-16-27(24-9-11-25(12-10-24)32(39)40-8)33(3,4)29(34)17-19-36(30,35)7/h9,16,25-26,28-31H,1,10-15,17-22,38H2,2-8H3. The molecule has 0 amide bonds. The summed E-state index contributed by atoms with van der Waals surface area (Å²) in [6.45, 7) is 20.0. The quantitative estimate of drug-likeness (QED) is 0.284. The van der Waals surface area contributed by atoms with Crippen molar-refractivity contribution in [1.82, 2.24) is 0 Å². The number of hydrogen-bond acceptors (Lipinski definition) is 3. The maximum Gasteiger partial charge on any atom is 0.308 e. The first-order valence-corrected chi connectivity index (χ1v) is 16.6. The fraction of sp³-hybridized carbons (Fsp3) is 0.811. The van der Waals surface area contributed by atoms with Gasteiger partial charge in [-0.2, -0.15) is 0 Å². The highest BCUT2D eigenvalue weighted by Gasteiger charge is 2.70. The SMILES string of the molecule is C=C(C)C1CCC2(N)CCC3(C)C(CCC4C5(C)CC=C(C6=CCC(C(=O)OC)CC6)C(C)(C)C5CCC43C)C12. The van der Waals surface area contributed by atoms with Gasteiger partial charge in [-0.05, 0) is 146 Å². The average molecular weight is 548 g/mol. The van der Waals surface area contributed by atoms with E-state index in [1.807, 2.05) is 0 Å². The molecule has 2 N–H and O–H groups in total. The third-order valence-corrected chi connectivity index (χ3v) is 15.0. The van der Waals surface area contributed by atoms with Gasteiger partial charge in [-0.15, -0.1) is 0 Å². The van der Waals surface area contributed by atoms with Crippen molar-refractivity contribution in [3.8, 4) is 0 Å². The van der Waals surface area contributed by atoms with Gasteiger partial charge < -0.3 is 10.5 Å². The van der Waals surface area contributed by atoms with Gasteiger partial charge in [-0.1, -0.05) is 58.9 Å². The monoisotopic (exact) mass is 547 g/mol. The minimum Gasteiger partial charge on any atom is -0.469 e. The largest absolute Gasteiger partial charge is 0.469 e. The topological polar surface area (TPSA) is 52.3 Å². The number of hydrogen-bond donors (Lipinski definition) is 1. The summed E-state index contributed by atoms with van der Waals surface area (Å²) < 4.78 is 5.05. The lowest BCUT2D eigenvalue weighted by Crippen LogP contribution is -2.67. The number of fused-ring (bicyclic) bond motifs is 7. The Bertz CT molecular complexity index is 1150. The van der Waals surface area contributed by atoms with Crippen molar-refractivity contribution in [2.75, 3.05) is 7.11 Å². The lowest BCUT2D eigenvalue weighted by Gasteiger charge is -2.72. The fourth-order valence-electron chi connectivity index (χ4n) is 12.8. The predicted octanol–water partition coefficient (Wildman–Crippen LogP) is 8.79. The van der Waals surface area contributed by atoms with Crippen LogP contribution in [-0.4, -0.2) is 18.6 Å². The summed E-state index contributed by atoms with van der Waals surface area (Å²) in [6.07, 6.45) is 19.3. The molecule has 0 radical (unpaired) electrons. The molecule has 6 aliphatic carbocycles. The highest BCUT2D eigenvalue weighted by Crippen LogP contribution is 2.76. The molecule has 6 rings (SSSR count). The Balaban J connectivity index is 1.31. The second kappa shape index (κ2) is 9.32. The number of methoxy groups -OCH3 is 1. The van der Waals surface area contributed by atoms with Gasteiger partial charge in [-0.25, -0.2) is 0 Å². The third-order valence-electron chi connectivity index (χ3n) is 15.0. The van der Waals surface area contributed by atoms with Crippen LogP contribution in [0.3, 0.4) is 0 Å². The van der Waals surface area contributed by atoms with Crippen molar-refractivity contribution in [2.45, 2.75) is 124 Å². The zero-order valence-corrected chi connectivity index (χ0v) is 26.7. The van der Waals surface area contributed by atoms with Crippen LogP contribution >= 0.6 is 0 Å². The smallest absolute Gasteiger partial charge is 0.308 e. The predicted molar refractivity (Wildman–Crippen MR) is 164 cm³/mol. The maximum atomic E-state index is 12.1. The highest BCUT2D eigenvalue weighted by molar-refractivity contribution is 5.73. The molecule has 3 heteroatoms. The molecule has 0 bridgehead atoms. The average Bonchev–Trinajstić information content (AvgIpc) is 3.26. The zero-order valence-electron chi connectivity index (χ0n) is 26.7. The van der Waals surface area contributed by atoms with Gasteiger partial charge in [0.1, 0.15) is 0 Å². The molecular weight excluding hydrogens is 490 g/mol. The molecule has 0 aliphatic heterocycles. The summed E-state index contributed by atoms with van der Waals surface area (Å²) in [5.41, 5.74) is 13.0. The first-order chi connectivity index (χ1) is 18.7. The van der Waals surface area contributed by atoms with Gasteiger partial charge >= 0.3 is 5.97 Å². The number of nitrogens with two attached hydrogens (primary N) is 1. The number of rotatable bonds is 3. The zero-order chi connectivity index (χ0) is 28.9. The summed E-state index contributed by atoms with van der Waals surface area (Å²) >= 11 is 0. The van der Waals surface area contributed by atoms with Crippen molar-refractivity contribution in [3.05, 3.63) is 35.5 Å². The van der Waals surface area contributed by atoms with Gasteiger partial charge in [0.25, 0.3) is 0 Å². The normalized spacial score (nSPS) is 49.4. The maximum absolute atomic E-state index is 12.1. The molecule has 0 aromatic heterocycles. The Morgan fingerprint density at radius 1 is 0.925 bits per heavy atom. The number of ether oxygens (including phenoxy) is 1. The van der Waals surface area contributed by atoms with E-state index >= 15 is 0 Å². The van der Waals surface area contributed by atoms with Gasteiger partial charge in [0.15, 0.2) is 0 Å². The minimum absolute atomic E-state index is 0.0309. The molecule has 3 nitrogen and oxygen atoms in total. The Morgan fingerprint density at radius 3 is 2.33 bits per heavy atom. The Hall–Kier alpha value is -1.35. The molecule has 0 heterocycles. The van der Waals surface area contributed by atoms with Gasteiger partial charge in [0, 0.05) is 5.54 Å². The summed E-state index contributed by atoms with van der Waals surface area (Å²) in [5, 5.41) is 0. The molecule has 4 fully saturated rings. The third kappa shape index (κ3) is 3.74. The van der Waals surface area contributed by atoms with Crippen LogP contribution < -0.4 is 5.73 Å². The summed E-state index contributed by atoms with van der Waals surface area (Å²) in [6, 6.07) is 0. The molecule has 222 valence electrons. The number of carbonyl (C=O) groups excluding carboxylic acids is 1. The first kappa shape index (κ1) is 28.8. The van der Waals surface area contributed by atoms with E-state index in [1.165, 1.54) is 76.0 Å². The van der Waals surface area contributed by atoms with Gasteiger partial charge in [0.05, 0.1) is 13.0 Å². The molecule has 10 atom stereocenters. The molecule has 0 spiro atoms. The minimum atomic E-state index is -0.0443. The molecule has 4 saturated carbocycles.